The summed E-state index contributed by atoms with van der Waals surface area (Å²) in [5.41, 5.74) is 0.473. The Balaban J connectivity index is 2.22. The van der Waals surface area contributed by atoms with Crippen LogP contribution in [0.25, 0.3) is 0 Å². The quantitative estimate of drug-likeness (QED) is 0.628. The Bertz CT molecular complexity index is 860. The van der Waals surface area contributed by atoms with E-state index in [1.54, 1.807) is 18.2 Å². The number of hydrogen-bond donors (Lipinski definition) is 1. The molecule has 0 saturated carbocycles. The Morgan fingerprint density at radius 3 is 2.52 bits per heavy atom. The molecule has 7 nitrogen and oxygen atoms in total. The van der Waals surface area contributed by atoms with E-state index in [0.29, 0.717) is 0 Å². The number of benzene rings is 2. The molecular formula is C16H12Cl2N4O3. The zero-order chi connectivity index (χ0) is 18.6. The first kappa shape index (κ1) is 18.5. The highest BCUT2D eigenvalue weighted by Gasteiger charge is 2.20. The Morgan fingerprint density at radius 2 is 1.96 bits per heavy atom. The summed E-state index contributed by atoms with van der Waals surface area (Å²) in [4.78, 5) is 24.2. The fourth-order valence-electron chi connectivity index (χ4n) is 2.15. The lowest BCUT2D eigenvalue weighted by atomic mass is 10.1. The fourth-order valence-corrected chi connectivity index (χ4v) is 2.64. The summed E-state index contributed by atoms with van der Waals surface area (Å²) in [6.07, 6.45) is 0. The number of rotatable bonds is 5. The standard InChI is InChI=1S/C16H12Cl2N4O3/c1-21(14-7-10(8-19)5-6-13(14)22(24)25)9-15(23)20-16-11(17)3-2-4-12(16)18/h2-7H,9H2,1H3,(H,20,23). The van der Waals surface area contributed by atoms with Gasteiger partial charge in [0, 0.05) is 13.1 Å². The second-order valence-corrected chi connectivity index (χ2v) is 5.89. The molecule has 0 radical (unpaired) electrons. The van der Waals surface area contributed by atoms with Crippen molar-refractivity contribution in [2.75, 3.05) is 23.8 Å². The highest BCUT2D eigenvalue weighted by atomic mass is 35.5. The minimum Gasteiger partial charge on any atom is -0.360 e. The molecule has 0 fully saturated rings. The van der Waals surface area contributed by atoms with Crippen LogP contribution in [-0.4, -0.2) is 24.4 Å². The van der Waals surface area contributed by atoms with Crippen LogP contribution >= 0.6 is 23.2 Å². The van der Waals surface area contributed by atoms with Crippen LogP contribution in [0.2, 0.25) is 10.0 Å². The number of para-hydroxylation sites is 1. The van der Waals surface area contributed by atoms with Gasteiger partial charge in [0.2, 0.25) is 5.91 Å². The van der Waals surface area contributed by atoms with Gasteiger partial charge in [-0.3, -0.25) is 14.9 Å². The van der Waals surface area contributed by atoms with Gasteiger partial charge in [-0.05, 0) is 24.3 Å². The highest BCUT2D eigenvalue weighted by Crippen LogP contribution is 2.31. The average molecular weight is 379 g/mol. The molecule has 1 amide bonds. The van der Waals surface area contributed by atoms with Crippen molar-refractivity contribution in [2.45, 2.75) is 0 Å². The van der Waals surface area contributed by atoms with Gasteiger partial charge in [0.05, 0.1) is 38.8 Å². The topological polar surface area (TPSA) is 99.3 Å². The fraction of sp³-hybridized carbons (Fsp3) is 0.125. The first-order valence-electron chi connectivity index (χ1n) is 6.97. The predicted octanol–water partition coefficient (Wildman–Crippen LogP) is 3.85. The van der Waals surface area contributed by atoms with Crippen LogP contribution in [-0.2, 0) is 4.79 Å². The molecule has 25 heavy (non-hydrogen) atoms. The summed E-state index contributed by atoms with van der Waals surface area (Å²) >= 11 is 12.0. The van der Waals surface area contributed by atoms with Crippen molar-refractivity contribution in [2.24, 2.45) is 0 Å². The monoisotopic (exact) mass is 378 g/mol. The predicted molar refractivity (Wildman–Crippen MR) is 96.2 cm³/mol. The molecule has 0 atom stereocenters. The van der Waals surface area contributed by atoms with Crippen LogP contribution in [0, 0.1) is 21.4 Å². The van der Waals surface area contributed by atoms with Gasteiger partial charge in [0.25, 0.3) is 5.69 Å². The number of carbonyl (C=O) groups excluding carboxylic acids is 1. The van der Waals surface area contributed by atoms with Crippen LogP contribution in [0.3, 0.4) is 0 Å². The van der Waals surface area contributed by atoms with Crippen LogP contribution < -0.4 is 10.2 Å². The number of hydrogen-bond acceptors (Lipinski definition) is 5. The first-order valence-corrected chi connectivity index (χ1v) is 7.72. The third-order valence-corrected chi connectivity index (χ3v) is 3.95. The van der Waals surface area contributed by atoms with E-state index in [0.717, 1.165) is 0 Å². The lowest BCUT2D eigenvalue weighted by molar-refractivity contribution is -0.384. The van der Waals surface area contributed by atoms with Gasteiger partial charge < -0.3 is 10.2 Å². The Labute approximate surface area is 153 Å². The number of nitrogens with one attached hydrogen (secondary N) is 1. The molecule has 0 bridgehead atoms. The SMILES string of the molecule is CN(CC(=O)Nc1c(Cl)cccc1Cl)c1cc(C#N)ccc1[N+](=O)[O-]. The van der Waals surface area contributed by atoms with Gasteiger partial charge in [0.15, 0.2) is 0 Å². The van der Waals surface area contributed by atoms with E-state index in [2.05, 4.69) is 5.32 Å². The molecule has 0 aromatic heterocycles. The molecule has 1 N–H and O–H groups in total. The number of carbonyl (C=O) groups is 1. The van der Waals surface area contributed by atoms with Crippen LogP contribution in [0.15, 0.2) is 36.4 Å². The normalized spacial score (nSPS) is 10.0. The summed E-state index contributed by atoms with van der Waals surface area (Å²) in [5, 5.41) is 23.3. The Morgan fingerprint density at radius 1 is 1.32 bits per heavy atom. The van der Waals surface area contributed by atoms with Crippen molar-refractivity contribution in [3.8, 4) is 6.07 Å². The smallest absolute Gasteiger partial charge is 0.292 e. The van der Waals surface area contributed by atoms with Crippen molar-refractivity contribution in [1.29, 1.82) is 5.26 Å². The Hall–Kier alpha value is -2.82. The van der Waals surface area contributed by atoms with Crippen LogP contribution in [0.1, 0.15) is 5.56 Å². The molecule has 0 aliphatic heterocycles. The molecule has 0 heterocycles. The van der Waals surface area contributed by atoms with Gasteiger partial charge in [0.1, 0.15) is 5.69 Å². The van der Waals surface area contributed by atoms with Gasteiger partial charge in [-0.2, -0.15) is 5.26 Å². The minimum atomic E-state index is -0.574. The van der Waals surface area contributed by atoms with Crippen molar-refractivity contribution in [3.05, 3.63) is 62.1 Å². The van der Waals surface area contributed by atoms with E-state index >= 15 is 0 Å². The molecule has 9 heteroatoms. The number of nitro benzene ring substituents is 1. The van der Waals surface area contributed by atoms with Gasteiger partial charge >= 0.3 is 0 Å². The van der Waals surface area contributed by atoms with Crippen LogP contribution in [0.4, 0.5) is 17.1 Å². The number of nitro groups is 1. The zero-order valence-electron chi connectivity index (χ0n) is 13.0. The van der Waals surface area contributed by atoms with Gasteiger partial charge in [-0.15, -0.1) is 0 Å². The van der Waals surface area contributed by atoms with Crippen molar-refractivity contribution < 1.29 is 9.72 Å². The van der Waals surface area contributed by atoms with Crippen LogP contribution in [0.5, 0.6) is 0 Å². The van der Waals surface area contributed by atoms with Crippen molar-refractivity contribution >= 4 is 46.2 Å². The summed E-state index contributed by atoms with van der Waals surface area (Å²) in [7, 11) is 1.51. The summed E-state index contributed by atoms with van der Waals surface area (Å²) in [6.45, 7) is -0.197. The van der Waals surface area contributed by atoms with E-state index in [1.165, 1.54) is 30.1 Å². The number of nitriles is 1. The molecular weight excluding hydrogens is 367 g/mol. The van der Waals surface area contributed by atoms with Gasteiger partial charge in [-0.25, -0.2) is 0 Å². The number of halogens is 2. The molecule has 2 aromatic rings. The number of nitrogens with zero attached hydrogens (tertiary/aromatic N) is 3. The lowest BCUT2D eigenvalue weighted by Gasteiger charge is -2.19. The molecule has 128 valence electrons. The average Bonchev–Trinajstić information content (AvgIpc) is 2.57. The summed E-state index contributed by atoms with van der Waals surface area (Å²) in [6, 6.07) is 10.6. The largest absolute Gasteiger partial charge is 0.360 e. The third-order valence-electron chi connectivity index (χ3n) is 3.32. The molecule has 0 spiro atoms. The number of anilines is 2. The second kappa shape index (κ2) is 7.83. The second-order valence-electron chi connectivity index (χ2n) is 5.07. The minimum absolute atomic E-state index is 0.157. The summed E-state index contributed by atoms with van der Waals surface area (Å²) in [5.74, 6) is -0.464. The maximum Gasteiger partial charge on any atom is 0.292 e. The van der Waals surface area contributed by atoms with Gasteiger partial charge in [-0.1, -0.05) is 29.3 Å². The first-order chi connectivity index (χ1) is 11.8. The van der Waals surface area contributed by atoms with E-state index < -0.39 is 10.8 Å². The molecule has 0 aliphatic rings. The molecule has 2 aromatic carbocycles. The maximum atomic E-state index is 12.2. The number of amides is 1. The molecule has 2 rings (SSSR count). The van der Waals surface area contributed by atoms with E-state index in [-0.39, 0.29) is 39.2 Å². The van der Waals surface area contributed by atoms with E-state index in [4.69, 9.17) is 28.5 Å². The molecule has 0 saturated heterocycles. The van der Waals surface area contributed by atoms with E-state index in [1.807, 2.05) is 6.07 Å². The molecule has 0 aliphatic carbocycles. The maximum absolute atomic E-state index is 12.2. The molecule has 0 unspecified atom stereocenters. The van der Waals surface area contributed by atoms with E-state index in [9.17, 15) is 14.9 Å². The Kier molecular flexibility index (Phi) is 5.80. The third kappa shape index (κ3) is 4.38. The van der Waals surface area contributed by atoms with Crippen molar-refractivity contribution in [3.63, 3.8) is 0 Å². The lowest BCUT2D eigenvalue weighted by Crippen LogP contribution is -2.30. The summed E-state index contributed by atoms with van der Waals surface area (Å²) < 4.78 is 0. The van der Waals surface area contributed by atoms with Crippen molar-refractivity contribution in [1.82, 2.24) is 0 Å². The highest BCUT2D eigenvalue weighted by molar-refractivity contribution is 6.39. The zero-order valence-corrected chi connectivity index (χ0v) is 14.5. The number of likely N-dealkylation sites (N-methyl/N-ethyl adjacent to an activating group) is 1.